The van der Waals surface area contributed by atoms with Gasteiger partial charge < -0.3 is 18.5 Å². The Bertz CT molecular complexity index is 1030. The van der Waals surface area contributed by atoms with Crippen LogP contribution in [0.3, 0.4) is 0 Å². The molecule has 0 radical (unpaired) electrons. The molecule has 9 nitrogen and oxygen atoms in total. The second kappa shape index (κ2) is 6.63. The van der Waals surface area contributed by atoms with Crippen molar-refractivity contribution in [3.05, 3.63) is 42.6 Å². The fourth-order valence-corrected chi connectivity index (χ4v) is 2.31. The largest absolute Gasteiger partial charge is 0.493 e. The molecule has 0 N–H and O–H groups in total. The zero-order chi connectivity index (χ0) is 17.9. The zero-order valence-electron chi connectivity index (χ0n) is 13.9. The van der Waals surface area contributed by atoms with Gasteiger partial charge in [-0.1, -0.05) is 16.4 Å². The Kier molecular flexibility index (Phi) is 4.02. The third kappa shape index (κ3) is 2.86. The SMILES string of the molecule is COc1ccc(-c2noc(-c3nc(-c4ccccn4)no3)n2)cc1OC. The molecule has 4 rings (SSSR count). The summed E-state index contributed by atoms with van der Waals surface area (Å²) in [7, 11) is 3.12. The molecule has 130 valence electrons. The van der Waals surface area contributed by atoms with Crippen molar-refractivity contribution in [1.82, 2.24) is 25.3 Å². The number of rotatable bonds is 5. The molecule has 3 heterocycles. The van der Waals surface area contributed by atoms with Gasteiger partial charge in [0.15, 0.2) is 11.5 Å². The van der Waals surface area contributed by atoms with Crippen LogP contribution in [0.5, 0.6) is 11.5 Å². The van der Waals surface area contributed by atoms with Crippen LogP contribution in [0.15, 0.2) is 51.6 Å². The molecular weight excluding hydrogens is 338 g/mol. The molecule has 1 aromatic carbocycles. The predicted molar refractivity (Wildman–Crippen MR) is 89.4 cm³/mol. The molecule has 0 fully saturated rings. The van der Waals surface area contributed by atoms with Gasteiger partial charge in [-0.3, -0.25) is 4.98 Å². The lowest BCUT2D eigenvalue weighted by Crippen LogP contribution is -1.91. The monoisotopic (exact) mass is 351 g/mol. The van der Waals surface area contributed by atoms with Crippen LogP contribution < -0.4 is 9.47 Å². The number of benzene rings is 1. The second-order valence-electron chi connectivity index (χ2n) is 5.13. The van der Waals surface area contributed by atoms with Gasteiger partial charge in [-0.05, 0) is 30.3 Å². The molecule has 4 aromatic rings. The molecule has 9 heteroatoms. The molecule has 0 aliphatic rings. The van der Waals surface area contributed by atoms with Gasteiger partial charge >= 0.3 is 11.8 Å². The van der Waals surface area contributed by atoms with Gasteiger partial charge in [0, 0.05) is 11.8 Å². The third-order valence-corrected chi connectivity index (χ3v) is 3.57. The van der Waals surface area contributed by atoms with Gasteiger partial charge in [-0.15, -0.1) is 0 Å². The first-order valence-corrected chi connectivity index (χ1v) is 7.60. The average molecular weight is 351 g/mol. The third-order valence-electron chi connectivity index (χ3n) is 3.57. The summed E-state index contributed by atoms with van der Waals surface area (Å²) in [6, 6.07) is 10.7. The van der Waals surface area contributed by atoms with E-state index in [-0.39, 0.29) is 11.8 Å². The molecule has 0 aliphatic carbocycles. The number of hydrogen-bond donors (Lipinski definition) is 0. The first kappa shape index (κ1) is 15.8. The van der Waals surface area contributed by atoms with Crippen LogP contribution in [0.1, 0.15) is 0 Å². The molecule has 0 bridgehead atoms. The lowest BCUT2D eigenvalue weighted by atomic mass is 10.2. The summed E-state index contributed by atoms with van der Waals surface area (Å²) in [6.07, 6.45) is 1.65. The van der Waals surface area contributed by atoms with Crippen molar-refractivity contribution in [2.24, 2.45) is 0 Å². The molecule has 0 saturated carbocycles. The summed E-state index contributed by atoms with van der Waals surface area (Å²) >= 11 is 0. The number of pyridine rings is 1. The number of nitrogens with zero attached hydrogens (tertiary/aromatic N) is 5. The van der Waals surface area contributed by atoms with E-state index in [4.69, 9.17) is 18.5 Å². The Labute approximate surface area is 147 Å². The summed E-state index contributed by atoms with van der Waals surface area (Å²) in [4.78, 5) is 12.7. The highest BCUT2D eigenvalue weighted by molar-refractivity contribution is 5.62. The molecule has 0 spiro atoms. The highest BCUT2D eigenvalue weighted by Crippen LogP contribution is 2.32. The molecule has 0 amide bonds. The smallest absolute Gasteiger partial charge is 0.316 e. The fraction of sp³-hybridized carbons (Fsp3) is 0.118. The van der Waals surface area contributed by atoms with Crippen molar-refractivity contribution in [2.45, 2.75) is 0 Å². The number of ether oxygens (including phenoxy) is 2. The highest BCUT2D eigenvalue weighted by Gasteiger charge is 2.19. The highest BCUT2D eigenvalue weighted by atomic mass is 16.5. The quantitative estimate of drug-likeness (QED) is 0.536. The van der Waals surface area contributed by atoms with E-state index in [1.54, 1.807) is 50.7 Å². The molecule has 3 aromatic heterocycles. The first-order chi connectivity index (χ1) is 12.8. The van der Waals surface area contributed by atoms with Crippen LogP contribution in [0, 0.1) is 0 Å². The van der Waals surface area contributed by atoms with Crippen LogP contribution in [-0.4, -0.2) is 39.5 Å². The van der Waals surface area contributed by atoms with Gasteiger partial charge in [0.05, 0.1) is 14.2 Å². The topological polar surface area (TPSA) is 109 Å². The van der Waals surface area contributed by atoms with Crippen LogP contribution in [0.25, 0.3) is 34.7 Å². The average Bonchev–Trinajstić information content (AvgIpc) is 3.37. The normalized spacial score (nSPS) is 10.7. The van der Waals surface area contributed by atoms with Gasteiger partial charge in [0.25, 0.3) is 0 Å². The van der Waals surface area contributed by atoms with Crippen molar-refractivity contribution in [3.8, 4) is 46.2 Å². The van der Waals surface area contributed by atoms with Crippen molar-refractivity contribution in [2.75, 3.05) is 14.2 Å². The molecule has 0 saturated heterocycles. The molecule has 0 aliphatic heterocycles. The van der Waals surface area contributed by atoms with E-state index in [1.807, 2.05) is 6.07 Å². The van der Waals surface area contributed by atoms with Crippen LogP contribution in [-0.2, 0) is 0 Å². The Hall–Kier alpha value is -3.75. The lowest BCUT2D eigenvalue weighted by molar-refractivity contribution is 0.355. The minimum Gasteiger partial charge on any atom is -0.493 e. The van der Waals surface area contributed by atoms with E-state index in [9.17, 15) is 0 Å². The number of aromatic nitrogens is 5. The van der Waals surface area contributed by atoms with E-state index in [1.165, 1.54) is 0 Å². The van der Waals surface area contributed by atoms with E-state index in [0.717, 1.165) is 0 Å². The Morgan fingerprint density at radius 2 is 1.54 bits per heavy atom. The Morgan fingerprint density at radius 3 is 2.23 bits per heavy atom. The number of hydrogen-bond acceptors (Lipinski definition) is 9. The van der Waals surface area contributed by atoms with E-state index in [2.05, 4.69) is 25.3 Å². The second-order valence-corrected chi connectivity index (χ2v) is 5.13. The van der Waals surface area contributed by atoms with Crippen molar-refractivity contribution in [3.63, 3.8) is 0 Å². The summed E-state index contributed by atoms with van der Waals surface area (Å²) < 4.78 is 20.9. The van der Waals surface area contributed by atoms with E-state index in [0.29, 0.717) is 34.4 Å². The maximum Gasteiger partial charge on any atom is 0.316 e. The van der Waals surface area contributed by atoms with Crippen molar-refractivity contribution < 1.29 is 18.5 Å². The fourth-order valence-electron chi connectivity index (χ4n) is 2.31. The summed E-state index contributed by atoms with van der Waals surface area (Å²) in [6.45, 7) is 0. The lowest BCUT2D eigenvalue weighted by Gasteiger charge is -2.07. The van der Waals surface area contributed by atoms with Gasteiger partial charge in [0.1, 0.15) is 5.69 Å². The molecule has 26 heavy (non-hydrogen) atoms. The first-order valence-electron chi connectivity index (χ1n) is 7.60. The van der Waals surface area contributed by atoms with Crippen LogP contribution in [0.4, 0.5) is 0 Å². The van der Waals surface area contributed by atoms with E-state index >= 15 is 0 Å². The van der Waals surface area contributed by atoms with Crippen molar-refractivity contribution >= 4 is 0 Å². The van der Waals surface area contributed by atoms with E-state index < -0.39 is 0 Å². The molecule has 0 unspecified atom stereocenters. The summed E-state index contributed by atoms with van der Waals surface area (Å²) in [5.74, 6) is 2.10. The Morgan fingerprint density at radius 1 is 0.808 bits per heavy atom. The standard InChI is InChI=1S/C17H13N5O4/c1-23-12-7-6-10(9-13(12)24-2)14-19-16(25-21-14)17-20-15(22-26-17)11-5-3-4-8-18-11/h3-9H,1-2H3. The van der Waals surface area contributed by atoms with Gasteiger partial charge in [-0.25, -0.2) is 0 Å². The molecular formula is C17H13N5O4. The maximum atomic E-state index is 5.28. The number of methoxy groups -OCH3 is 2. The molecule has 0 atom stereocenters. The maximum absolute atomic E-state index is 5.28. The van der Waals surface area contributed by atoms with Crippen LogP contribution >= 0.6 is 0 Å². The minimum absolute atomic E-state index is 0.115. The predicted octanol–water partition coefficient (Wildman–Crippen LogP) is 2.87. The van der Waals surface area contributed by atoms with Gasteiger partial charge in [0.2, 0.25) is 11.6 Å². The minimum atomic E-state index is 0.115. The van der Waals surface area contributed by atoms with Gasteiger partial charge in [-0.2, -0.15) is 9.97 Å². The summed E-state index contributed by atoms with van der Waals surface area (Å²) in [5, 5.41) is 7.83. The van der Waals surface area contributed by atoms with Crippen LogP contribution in [0.2, 0.25) is 0 Å². The summed E-state index contributed by atoms with van der Waals surface area (Å²) in [5.41, 5.74) is 1.28. The zero-order valence-corrected chi connectivity index (χ0v) is 13.9. The van der Waals surface area contributed by atoms with Crippen molar-refractivity contribution in [1.29, 1.82) is 0 Å². The Balaban J connectivity index is 1.64.